The summed E-state index contributed by atoms with van der Waals surface area (Å²) in [4.78, 5) is 0. The third-order valence-corrected chi connectivity index (χ3v) is 0. The van der Waals surface area contributed by atoms with E-state index in [1.165, 1.54) is 0 Å². The van der Waals surface area contributed by atoms with Crippen molar-refractivity contribution in [2.45, 2.75) is 0 Å². The molecule has 6 heavy (non-hydrogen) atoms. The van der Waals surface area contributed by atoms with Crippen LogP contribution in [0.3, 0.4) is 0 Å². The van der Waals surface area contributed by atoms with Gasteiger partial charge in [-0.15, -0.1) is 0 Å². The monoisotopic (exact) mass is 280 g/mol. The fourth-order valence-corrected chi connectivity index (χ4v) is 0. The fourth-order valence-electron chi connectivity index (χ4n) is 0. The summed E-state index contributed by atoms with van der Waals surface area (Å²) in [6, 6.07) is 0. The molecule has 0 aromatic heterocycles. The SMILES string of the molecule is N.[OH-].[OH-].[OH-].[OH-].[Pt+4]. The van der Waals surface area contributed by atoms with Gasteiger partial charge in [-0.05, 0) is 0 Å². The summed E-state index contributed by atoms with van der Waals surface area (Å²) in [6.45, 7) is 0. The summed E-state index contributed by atoms with van der Waals surface area (Å²) in [6.07, 6.45) is 0. The first kappa shape index (κ1) is 820. The van der Waals surface area contributed by atoms with Gasteiger partial charge in [0.25, 0.3) is 0 Å². The second kappa shape index (κ2) is 464. The van der Waals surface area contributed by atoms with Crippen LogP contribution < -0.4 is 6.15 Å². The van der Waals surface area contributed by atoms with Gasteiger partial charge in [0.05, 0.1) is 0 Å². The average Bonchev–Trinajstić information content (AvgIpc) is 0. The first-order valence-corrected chi connectivity index (χ1v) is 0. The van der Waals surface area contributed by atoms with Gasteiger partial charge in [-0.2, -0.15) is 0 Å². The topological polar surface area (TPSA) is 155 Å². The van der Waals surface area contributed by atoms with Crippen LogP contribution in [0.15, 0.2) is 0 Å². The van der Waals surface area contributed by atoms with E-state index in [0.717, 1.165) is 0 Å². The molecule has 0 atom stereocenters. The Morgan fingerprint density at radius 2 is 0.500 bits per heavy atom. The van der Waals surface area contributed by atoms with E-state index in [4.69, 9.17) is 0 Å². The predicted octanol–water partition coefficient (Wildman–Crippen LogP) is -0.548. The van der Waals surface area contributed by atoms with Crippen LogP contribution in [-0.4, -0.2) is 21.9 Å². The van der Waals surface area contributed by atoms with E-state index in [1.54, 1.807) is 0 Å². The van der Waals surface area contributed by atoms with Crippen molar-refractivity contribution in [3.05, 3.63) is 0 Å². The van der Waals surface area contributed by atoms with Crippen LogP contribution in [0.4, 0.5) is 0 Å². The second-order valence-electron chi connectivity index (χ2n) is 0. The minimum atomic E-state index is 0. The molecular weight excluding hydrogens is 273 g/mol. The third kappa shape index (κ3) is 229. The molecule has 0 saturated heterocycles. The van der Waals surface area contributed by atoms with Crippen molar-refractivity contribution in [1.29, 1.82) is 0 Å². The maximum Gasteiger partial charge on any atom is 4.00 e. The number of rotatable bonds is 0. The van der Waals surface area contributed by atoms with Gasteiger partial charge < -0.3 is 28.1 Å². The van der Waals surface area contributed by atoms with Crippen LogP contribution in [0, 0.1) is 0 Å². The van der Waals surface area contributed by atoms with Crippen molar-refractivity contribution >= 4 is 0 Å². The molecular formula is H7NO4Pt. The third-order valence-electron chi connectivity index (χ3n) is 0. The Bertz CT molecular complexity index is 7.51. The molecule has 7 N–H and O–H groups in total. The molecule has 0 bridgehead atoms. The molecule has 0 aliphatic heterocycles. The van der Waals surface area contributed by atoms with Gasteiger partial charge >= 0.3 is 21.1 Å². The van der Waals surface area contributed by atoms with E-state index in [2.05, 4.69) is 0 Å². The van der Waals surface area contributed by atoms with Gasteiger partial charge in [0, 0.05) is 0 Å². The maximum absolute atomic E-state index is 0. The molecule has 0 amide bonds. The van der Waals surface area contributed by atoms with E-state index in [1.807, 2.05) is 0 Å². The Kier molecular flexibility index (Phi) is 63300. The van der Waals surface area contributed by atoms with Gasteiger partial charge in [0.1, 0.15) is 0 Å². The molecule has 0 spiro atoms. The minimum Gasteiger partial charge on any atom is -0.870 e. The van der Waals surface area contributed by atoms with E-state index in [-0.39, 0.29) is 49.1 Å². The van der Waals surface area contributed by atoms with E-state index in [9.17, 15) is 0 Å². The van der Waals surface area contributed by atoms with Crippen LogP contribution in [0.1, 0.15) is 0 Å². The fraction of sp³-hybridized carbons (Fsp3) is 0. The smallest absolute Gasteiger partial charge is 0.870 e. The standard InChI is InChI=1S/H3N.4H2O.Pt/h1H3;4*1H2;/q;;;;;+4/p-4. The van der Waals surface area contributed by atoms with Gasteiger partial charge in [0.2, 0.25) is 0 Å². The number of hydrogen-bond acceptors (Lipinski definition) is 5. The Morgan fingerprint density at radius 3 is 0.500 bits per heavy atom. The molecule has 0 saturated carbocycles. The van der Waals surface area contributed by atoms with Gasteiger partial charge in [-0.25, -0.2) is 0 Å². The summed E-state index contributed by atoms with van der Waals surface area (Å²) < 4.78 is 0. The quantitative estimate of drug-likeness (QED) is 0.630. The molecule has 0 heterocycles. The Balaban J connectivity index is 0. The van der Waals surface area contributed by atoms with Crippen molar-refractivity contribution in [3.63, 3.8) is 0 Å². The van der Waals surface area contributed by atoms with Crippen LogP contribution in [0.25, 0.3) is 0 Å². The summed E-state index contributed by atoms with van der Waals surface area (Å²) in [7, 11) is 0. The van der Waals surface area contributed by atoms with Gasteiger partial charge in [0.15, 0.2) is 0 Å². The summed E-state index contributed by atoms with van der Waals surface area (Å²) in [5.41, 5.74) is 0. The van der Waals surface area contributed by atoms with Crippen molar-refractivity contribution in [2.75, 3.05) is 0 Å². The molecule has 0 aliphatic carbocycles. The van der Waals surface area contributed by atoms with Crippen LogP contribution in [0.5, 0.6) is 0 Å². The first-order valence-electron chi connectivity index (χ1n) is 0. The maximum atomic E-state index is 0. The zero-order valence-electron chi connectivity index (χ0n) is 2.81. The van der Waals surface area contributed by atoms with Crippen molar-refractivity contribution in [1.82, 2.24) is 6.15 Å². The molecule has 0 aliphatic rings. The van der Waals surface area contributed by atoms with Crippen LogP contribution >= 0.6 is 0 Å². The molecule has 0 rings (SSSR count). The van der Waals surface area contributed by atoms with Gasteiger partial charge in [-0.1, -0.05) is 0 Å². The minimum absolute atomic E-state index is 0. The molecule has 0 fully saturated rings. The summed E-state index contributed by atoms with van der Waals surface area (Å²) in [5, 5.41) is 0. The molecule has 5 nitrogen and oxygen atoms in total. The first-order chi connectivity index (χ1) is 0. The zero-order chi connectivity index (χ0) is 0. The molecule has 0 aromatic rings. The largest absolute Gasteiger partial charge is 4.00 e. The van der Waals surface area contributed by atoms with Gasteiger partial charge in [-0.3, -0.25) is 0 Å². The predicted molar refractivity (Wildman–Crippen MR) is 12.8 cm³/mol. The molecule has 46 valence electrons. The van der Waals surface area contributed by atoms with Crippen molar-refractivity contribution in [2.24, 2.45) is 0 Å². The zero-order valence-corrected chi connectivity index (χ0v) is 5.08. The summed E-state index contributed by atoms with van der Waals surface area (Å²) in [5.74, 6) is 0. The molecule has 0 aromatic carbocycles. The van der Waals surface area contributed by atoms with Crippen LogP contribution in [0.2, 0.25) is 0 Å². The normalized spacial score (nSPS) is 0. The summed E-state index contributed by atoms with van der Waals surface area (Å²) >= 11 is 0. The second-order valence-corrected chi connectivity index (χ2v) is 0. The van der Waals surface area contributed by atoms with Crippen molar-refractivity contribution < 1.29 is 43.0 Å². The Morgan fingerprint density at radius 1 is 0.500 bits per heavy atom. The molecule has 6 heteroatoms. The van der Waals surface area contributed by atoms with E-state index in [0.29, 0.717) is 0 Å². The average molecular weight is 280 g/mol. The number of hydrogen-bond donors (Lipinski definition) is 1. The Labute approximate surface area is 49.8 Å². The van der Waals surface area contributed by atoms with E-state index < -0.39 is 0 Å². The molecule has 0 radical (unpaired) electrons. The molecule has 0 unspecified atom stereocenters. The van der Waals surface area contributed by atoms with Crippen LogP contribution in [-0.2, 0) is 21.1 Å². The van der Waals surface area contributed by atoms with E-state index >= 15 is 0 Å². The van der Waals surface area contributed by atoms with Crippen molar-refractivity contribution in [3.8, 4) is 0 Å². The Hall–Kier alpha value is 0.488.